The number of hydrogen-bond acceptors (Lipinski definition) is 3. The average molecular weight is 286 g/mol. The summed E-state index contributed by atoms with van der Waals surface area (Å²) in [7, 11) is 0. The van der Waals surface area contributed by atoms with E-state index in [9.17, 15) is 24.6 Å². The van der Waals surface area contributed by atoms with Crippen molar-refractivity contribution in [2.24, 2.45) is 0 Å². The highest BCUT2D eigenvalue weighted by Gasteiger charge is 2.38. The van der Waals surface area contributed by atoms with Gasteiger partial charge in [0.15, 0.2) is 0 Å². The minimum Gasteiger partial charge on any atom is -0.478 e. The van der Waals surface area contributed by atoms with Crippen molar-refractivity contribution < 1.29 is 29.7 Å². The van der Waals surface area contributed by atoms with Gasteiger partial charge in [-0.2, -0.15) is 0 Å². The number of carboxylic acid groups (broad SMARTS) is 3. The van der Waals surface area contributed by atoms with Gasteiger partial charge in [0.05, 0.1) is 5.56 Å². The van der Waals surface area contributed by atoms with Crippen LogP contribution >= 0.6 is 0 Å². The molecule has 2 aliphatic rings. The molecule has 21 heavy (non-hydrogen) atoms. The Morgan fingerprint density at radius 3 is 2.24 bits per heavy atom. The molecule has 0 saturated carbocycles. The van der Waals surface area contributed by atoms with Gasteiger partial charge >= 0.3 is 17.9 Å². The minimum atomic E-state index is -1.13. The van der Waals surface area contributed by atoms with Crippen LogP contribution in [-0.2, 0) is 9.59 Å². The van der Waals surface area contributed by atoms with Gasteiger partial charge in [-0.3, -0.25) is 0 Å². The quantitative estimate of drug-likeness (QED) is 0.780. The first kappa shape index (κ1) is 13.1. The molecule has 6 nitrogen and oxygen atoms in total. The maximum absolute atomic E-state index is 11.4. The topological polar surface area (TPSA) is 112 Å². The largest absolute Gasteiger partial charge is 0.478 e. The molecule has 0 spiro atoms. The second kappa shape index (κ2) is 4.31. The number of allylic oxidation sites excluding steroid dienone is 2. The summed E-state index contributed by atoms with van der Waals surface area (Å²) < 4.78 is 0. The van der Waals surface area contributed by atoms with Gasteiger partial charge in [0, 0.05) is 17.1 Å². The molecule has 0 radical (unpaired) electrons. The molecule has 0 heterocycles. The number of carboxylic acids is 3. The van der Waals surface area contributed by atoms with Crippen LogP contribution in [0, 0.1) is 0 Å². The van der Waals surface area contributed by atoms with E-state index in [-0.39, 0.29) is 23.1 Å². The molecule has 3 rings (SSSR count). The highest BCUT2D eigenvalue weighted by Crippen LogP contribution is 2.49. The fourth-order valence-corrected chi connectivity index (χ4v) is 2.97. The number of benzene rings is 1. The summed E-state index contributed by atoms with van der Waals surface area (Å²) in [6, 6.07) is 4.43. The summed E-state index contributed by atoms with van der Waals surface area (Å²) in [5.41, 5.74) is 1.60. The second-order valence-electron chi connectivity index (χ2n) is 4.95. The zero-order valence-electron chi connectivity index (χ0n) is 10.7. The van der Waals surface area contributed by atoms with E-state index in [4.69, 9.17) is 5.11 Å². The van der Waals surface area contributed by atoms with E-state index in [0.29, 0.717) is 16.7 Å². The van der Waals surface area contributed by atoms with Crippen LogP contribution in [-0.4, -0.2) is 33.2 Å². The molecule has 2 bridgehead atoms. The number of aliphatic carboxylic acids is 2. The lowest BCUT2D eigenvalue weighted by atomic mass is 9.81. The molecule has 6 heteroatoms. The van der Waals surface area contributed by atoms with Crippen LogP contribution in [0.1, 0.15) is 33.8 Å². The molecule has 1 aromatic carbocycles. The molecule has 1 unspecified atom stereocenters. The van der Waals surface area contributed by atoms with Crippen molar-refractivity contribution in [1.29, 1.82) is 0 Å². The standard InChI is InChI=1S/C15H10O6/c16-13(17)8-4-6-3-7(5-8)12-10(15(20)21)2-1-9(11(6)12)14(18)19/h1,3-5,11H,2H2,(H,16,17)(H,18,19)(H,20,21). The van der Waals surface area contributed by atoms with Crippen molar-refractivity contribution in [2.45, 2.75) is 12.3 Å². The van der Waals surface area contributed by atoms with Crippen LogP contribution < -0.4 is 0 Å². The summed E-state index contributed by atoms with van der Waals surface area (Å²) in [6.45, 7) is 0. The molecule has 1 atom stereocenters. The van der Waals surface area contributed by atoms with Crippen molar-refractivity contribution in [3.63, 3.8) is 0 Å². The number of carbonyl (C=O) groups is 3. The molecule has 0 fully saturated rings. The number of rotatable bonds is 3. The van der Waals surface area contributed by atoms with Crippen molar-refractivity contribution in [1.82, 2.24) is 0 Å². The summed E-state index contributed by atoms with van der Waals surface area (Å²) in [6.07, 6.45) is 1.40. The van der Waals surface area contributed by atoms with Crippen molar-refractivity contribution in [3.05, 3.63) is 52.1 Å². The first-order valence-corrected chi connectivity index (χ1v) is 6.18. The zero-order chi connectivity index (χ0) is 15.3. The minimum absolute atomic E-state index is 0.0175. The smallest absolute Gasteiger partial charge is 0.335 e. The predicted octanol–water partition coefficient (Wildman–Crippen LogP) is 1.73. The van der Waals surface area contributed by atoms with Crippen LogP contribution in [0.5, 0.6) is 0 Å². The maximum atomic E-state index is 11.4. The Balaban J connectivity index is 2.26. The SMILES string of the molecule is O=C(O)C1=CCC(C(=O)O)=C2c3cc(C(=O)O)cc(c3)C12. The van der Waals surface area contributed by atoms with E-state index in [1.54, 1.807) is 6.07 Å². The third-order valence-corrected chi connectivity index (χ3v) is 3.80. The third kappa shape index (κ3) is 1.84. The Kier molecular flexibility index (Phi) is 2.69. The lowest BCUT2D eigenvalue weighted by Gasteiger charge is -2.21. The molecule has 0 aliphatic heterocycles. The van der Waals surface area contributed by atoms with Crippen molar-refractivity contribution in [2.75, 3.05) is 0 Å². The van der Waals surface area contributed by atoms with Gasteiger partial charge in [0.25, 0.3) is 0 Å². The lowest BCUT2D eigenvalue weighted by molar-refractivity contribution is -0.134. The van der Waals surface area contributed by atoms with Gasteiger partial charge in [-0.15, -0.1) is 0 Å². The molecule has 1 aromatic rings. The van der Waals surface area contributed by atoms with Crippen molar-refractivity contribution in [3.8, 4) is 0 Å². The van der Waals surface area contributed by atoms with Crippen LogP contribution in [0.25, 0.3) is 5.57 Å². The van der Waals surface area contributed by atoms with Crippen molar-refractivity contribution >= 4 is 23.5 Å². The van der Waals surface area contributed by atoms with E-state index in [1.165, 1.54) is 18.2 Å². The Labute approximate surface area is 118 Å². The van der Waals surface area contributed by atoms with Gasteiger partial charge < -0.3 is 15.3 Å². The van der Waals surface area contributed by atoms with Crippen LogP contribution in [0.2, 0.25) is 0 Å². The maximum Gasteiger partial charge on any atom is 0.335 e. The molecule has 3 N–H and O–H groups in total. The zero-order valence-corrected chi connectivity index (χ0v) is 10.7. The highest BCUT2D eigenvalue weighted by molar-refractivity contribution is 6.06. The molecule has 0 amide bonds. The number of hydrogen-bond donors (Lipinski definition) is 3. The van der Waals surface area contributed by atoms with E-state index in [0.717, 1.165) is 0 Å². The van der Waals surface area contributed by atoms with E-state index in [2.05, 4.69) is 0 Å². The summed E-state index contributed by atoms with van der Waals surface area (Å²) >= 11 is 0. The van der Waals surface area contributed by atoms with E-state index in [1.807, 2.05) is 0 Å². The molecule has 0 aromatic heterocycles. The number of fused-ring (bicyclic) bond motifs is 5. The monoisotopic (exact) mass is 286 g/mol. The molecular formula is C15H10O6. The van der Waals surface area contributed by atoms with Gasteiger partial charge in [-0.25, -0.2) is 14.4 Å². The summed E-state index contributed by atoms with van der Waals surface area (Å²) in [4.78, 5) is 33.8. The van der Waals surface area contributed by atoms with Crippen LogP contribution in [0.4, 0.5) is 0 Å². The van der Waals surface area contributed by atoms with Gasteiger partial charge in [-0.05, 0) is 35.3 Å². The Hall–Kier alpha value is -2.89. The fourth-order valence-electron chi connectivity index (χ4n) is 2.97. The number of aromatic carboxylic acids is 1. The summed E-state index contributed by atoms with van der Waals surface area (Å²) in [5.74, 6) is -4.07. The fraction of sp³-hybridized carbons (Fsp3) is 0.133. The lowest BCUT2D eigenvalue weighted by Crippen LogP contribution is -2.17. The van der Waals surface area contributed by atoms with Gasteiger partial charge in [0.2, 0.25) is 0 Å². The molecular weight excluding hydrogens is 276 g/mol. The van der Waals surface area contributed by atoms with Gasteiger partial charge in [-0.1, -0.05) is 12.1 Å². The average Bonchev–Trinajstić information content (AvgIpc) is 2.69. The molecule has 0 saturated heterocycles. The third-order valence-electron chi connectivity index (χ3n) is 3.80. The van der Waals surface area contributed by atoms with Crippen LogP contribution in [0.3, 0.4) is 0 Å². The Morgan fingerprint density at radius 2 is 1.67 bits per heavy atom. The van der Waals surface area contributed by atoms with Gasteiger partial charge in [0.1, 0.15) is 0 Å². The first-order chi connectivity index (χ1) is 9.90. The summed E-state index contributed by atoms with van der Waals surface area (Å²) in [5, 5.41) is 27.7. The highest BCUT2D eigenvalue weighted by atomic mass is 16.4. The molecule has 106 valence electrons. The van der Waals surface area contributed by atoms with Crippen LogP contribution in [0.15, 0.2) is 35.4 Å². The second-order valence-corrected chi connectivity index (χ2v) is 4.95. The Morgan fingerprint density at radius 1 is 0.952 bits per heavy atom. The normalized spacial score (nSPS) is 19.0. The van der Waals surface area contributed by atoms with E-state index >= 15 is 0 Å². The molecule has 2 aliphatic carbocycles. The Bertz CT molecular complexity index is 768. The predicted molar refractivity (Wildman–Crippen MR) is 71.0 cm³/mol. The first-order valence-electron chi connectivity index (χ1n) is 6.18. The van der Waals surface area contributed by atoms with E-state index < -0.39 is 23.8 Å².